The van der Waals surface area contributed by atoms with Crippen molar-refractivity contribution >= 4 is 16.6 Å². The molecule has 23 heavy (non-hydrogen) atoms. The van der Waals surface area contributed by atoms with Gasteiger partial charge in [-0.3, -0.25) is 4.98 Å². The molecule has 3 nitrogen and oxygen atoms in total. The molecule has 1 N–H and O–H groups in total. The van der Waals surface area contributed by atoms with Crippen molar-refractivity contribution in [1.82, 2.24) is 4.98 Å². The average Bonchev–Trinajstić information content (AvgIpc) is 2.55. The predicted molar refractivity (Wildman–Crippen MR) is 86.7 cm³/mol. The summed E-state index contributed by atoms with van der Waals surface area (Å²) in [5.41, 5.74) is 3.25. The summed E-state index contributed by atoms with van der Waals surface area (Å²) in [5.74, 6) is -0.954. The summed E-state index contributed by atoms with van der Waals surface area (Å²) >= 11 is 0. The number of halogens is 2. The van der Waals surface area contributed by atoms with E-state index < -0.39 is 11.6 Å². The summed E-state index contributed by atoms with van der Waals surface area (Å²) in [5, 5.41) is 4.17. The lowest BCUT2D eigenvalue weighted by Gasteiger charge is -2.12. The van der Waals surface area contributed by atoms with Crippen molar-refractivity contribution in [2.75, 3.05) is 12.4 Å². The second-order valence-corrected chi connectivity index (χ2v) is 5.30. The van der Waals surface area contributed by atoms with Gasteiger partial charge < -0.3 is 10.1 Å². The highest BCUT2D eigenvalue weighted by atomic mass is 19.2. The van der Waals surface area contributed by atoms with E-state index in [9.17, 15) is 8.78 Å². The molecular weight excluding hydrogens is 298 g/mol. The van der Waals surface area contributed by atoms with Gasteiger partial charge in [-0.15, -0.1) is 0 Å². The molecule has 0 unspecified atom stereocenters. The van der Waals surface area contributed by atoms with Gasteiger partial charge in [0.15, 0.2) is 11.6 Å². The number of ether oxygens (including phenoxy) is 1. The summed E-state index contributed by atoms with van der Waals surface area (Å²) in [4.78, 5) is 4.49. The van der Waals surface area contributed by atoms with Crippen LogP contribution in [0.2, 0.25) is 0 Å². The summed E-state index contributed by atoms with van der Waals surface area (Å²) in [6.07, 6.45) is 0. The molecular formula is C18H16F2N2O. The molecule has 0 aliphatic carbocycles. The molecule has 3 aromatic rings. The predicted octanol–water partition coefficient (Wildman–Crippen LogP) is 4.44. The molecule has 2 aromatic carbocycles. The van der Waals surface area contributed by atoms with Crippen molar-refractivity contribution < 1.29 is 13.5 Å². The van der Waals surface area contributed by atoms with Gasteiger partial charge in [-0.05, 0) is 48.9 Å². The van der Waals surface area contributed by atoms with Crippen LogP contribution in [0.15, 0.2) is 42.5 Å². The third kappa shape index (κ3) is 3.23. The van der Waals surface area contributed by atoms with E-state index in [2.05, 4.69) is 10.3 Å². The van der Waals surface area contributed by atoms with Crippen LogP contribution < -0.4 is 10.1 Å². The molecule has 5 heteroatoms. The second kappa shape index (κ2) is 6.20. The molecule has 0 spiro atoms. The minimum absolute atomic E-state index is 0.382. The SMILES string of the molecule is COc1ccc2nc(C)cc(NCc3ccc(F)c(F)c3)c2c1. The molecule has 0 amide bonds. The van der Waals surface area contributed by atoms with Crippen LogP contribution in [0.1, 0.15) is 11.3 Å². The first-order chi connectivity index (χ1) is 11.1. The summed E-state index contributed by atoms with van der Waals surface area (Å²) in [6.45, 7) is 2.29. The number of hydrogen-bond donors (Lipinski definition) is 1. The van der Waals surface area contributed by atoms with Crippen molar-refractivity contribution in [2.45, 2.75) is 13.5 Å². The number of nitrogens with one attached hydrogen (secondary N) is 1. The molecule has 0 aliphatic heterocycles. The van der Waals surface area contributed by atoms with Gasteiger partial charge in [0, 0.05) is 23.3 Å². The maximum absolute atomic E-state index is 13.3. The number of aryl methyl sites for hydroxylation is 1. The fourth-order valence-electron chi connectivity index (χ4n) is 2.46. The van der Waals surface area contributed by atoms with Crippen LogP contribution in [0.5, 0.6) is 5.75 Å². The Labute approximate surface area is 132 Å². The standard InChI is InChI=1S/C18H16F2N2O/c1-11-7-18(14-9-13(23-2)4-6-17(14)22-11)21-10-12-3-5-15(19)16(20)8-12/h3-9H,10H2,1-2H3,(H,21,22). The number of nitrogens with zero attached hydrogens (tertiary/aromatic N) is 1. The van der Waals surface area contributed by atoms with E-state index in [0.717, 1.165) is 34.1 Å². The van der Waals surface area contributed by atoms with Gasteiger partial charge in [0.05, 0.1) is 12.6 Å². The van der Waals surface area contributed by atoms with Crippen LogP contribution in [-0.2, 0) is 6.54 Å². The van der Waals surface area contributed by atoms with Gasteiger partial charge in [0.2, 0.25) is 0 Å². The van der Waals surface area contributed by atoms with E-state index in [4.69, 9.17) is 4.74 Å². The lowest BCUT2D eigenvalue weighted by molar-refractivity contribution is 0.415. The number of pyridine rings is 1. The van der Waals surface area contributed by atoms with Crippen molar-refractivity contribution in [2.24, 2.45) is 0 Å². The first kappa shape index (κ1) is 15.2. The lowest BCUT2D eigenvalue weighted by atomic mass is 10.1. The van der Waals surface area contributed by atoms with Crippen molar-refractivity contribution in [3.63, 3.8) is 0 Å². The fraction of sp³-hybridized carbons (Fsp3) is 0.167. The van der Waals surface area contributed by atoms with E-state index in [0.29, 0.717) is 12.1 Å². The Hall–Kier alpha value is -2.69. The monoisotopic (exact) mass is 314 g/mol. The van der Waals surface area contributed by atoms with E-state index in [-0.39, 0.29) is 0 Å². The minimum Gasteiger partial charge on any atom is -0.497 e. The molecule has 0 fully saturated rings. The number of rotatable bonds is 4. The third-order valence-corrected chi connectivity index (χ3v) is 3.61. The smallest absolute Gasteiger partial charge is 0.159 e. The first-order valence-electron chi connectivity index (χ1n) is 7.20. The van der Waals surface area contributed by atoms with Crippen LogP contribution in [-0.4, -0.2) is 12.1 Å². The second-order valence-electron chi connectivity index (χ2n) is 5.30. The van der Waals surface area contributed by atoms with E-state index in [1.807, 2.05) is 31.2 Å². The summed E-state index contributed by atoms with van der Waals surface area (Å²) in [6, 6.07) is 11.4. The normalized spacial score (nSPS) is 10.8. The maximum atomic E-state index is 13.3. The number of methoxy groups -OCH3 is 1. The van der Waals surface area contributed by atoms with E-state index >= 15 is 0 Å². The maximum Gasteiger partial charge on any atom is 0.159 e. The molecule has 0 saturated carbocycles. The third-order valence-electron chi connectivity index (χ3n) is 3.61. The molecule has 0 saturated heterocycles. The highest BCUT2D eigenvalue weighted by Crippen LogP contribution is 2.27. The Balaban J connectivity index is 1.93. The van der Waals surface area contributed by atoms with Crippen LogP contribution in [0, 0.1) is 18.6 Å². The molecule has 1 heterocycles. The molecule has 0 aliphatic rings. The minimum atomic E-state index is -0.846. The van der Waals surface area contributed by atoms with Crippen LogP contribution >= 0.6 is 0 Å². The molecule has 3 rings (SSSR count). The Bertz CT molecular complexity index is 865. The molecule has 0 bridgehead atoms. The number of anilines is 1. The van der Waals surface area contributed by atoms with Gasteiger partial charge in [-0.1, -0.05) is 6.07 Å². The zero-order valence-corrected chi connectivity index (χ0v) is 12.9. The molecule has 1 aromatic heterocycles. The zero-order valence-electron chi connectivity index (χ0n) is 12.9. The Morgan fingerprint density at radius 1 is 1.04 bits per heavy atom. The first-order valence-corrected chi connectivity index (χ1v) is 7.20. The van der Waals surface area contributed by atoms with Crippen molar-refractivity contribution in [3.8, 4) is 5.75 Å². The van der Waals surface area contributed by atoms with E-state index in [1.54, 1.807) is 13.2 Å². The number of benzene rings is 2. The highest BCUT2D eigenvalue weighted by molar-refractivity contribution is 5.92. The summed E-state index contributed by atoms with van der Waals surface area (Å²) < 4.78 is 31.5. The van der Waals surface area contributed by atoms with Gasteiger partial charge in [0.25, 0.3) is 0 Å². The number of hydrogen-bond acceptors (Lipinski definition) is 3. The van der Waals surface area contributed by atoms with Gasteiger partial charge in [-0.25, -0.2) is 8.78 Å². The Morgan fingerprint density at radius 2 is 1.87 bits per heavy atom. The van der Waals surface area contributed by atoms with Crippen LogP contribution in [0.25, 0.3) is 10.9 Å². The molecule has 0 atom stereocenters. The zero-order chi connectivity index (χ0) is 16.4. The van der Waals surface area contributed by atoms with E-state index in [1.165, 1.54) is 6.07 Å². The largest absolute Gasteiger partial charge is 0.497 e. The van der Waals surface area contributed by atoms with Gasteiger partial charge in [0.1, 0.15) is 5.75 Å². The van der Waals surface area contributed by atoms with Crippen LogP contribution in [0.3, 0.4) is 0 Å². The van der Waals surface area contributed by atoms with Gasteiger partial charge in [-0.2, -0.15) is 0 Å². The Kier molecular flexibility index (Phi) is 4.10. The molecule has 0 radical (unpaired) electrons. The highest BCUT2D eigenvalue weighted by Gasteiger charge is 2.07. The Morgan fingerprint density at radius 3 is 2.61 bits per heavy atom. The van der Waals surface area contributed by atoms with Crippen molar-refractivity contribution in [1.29, 1.82) is 0 Å². The fourth-order valence-corrected chi connectivity index (χ4v) is 2.46. The number of fused-ring (bicyclic) bond motifs is 1. The summed E-state index contributed by atoms with van der Waals surface area (Å²) in [7, 11) is 1.61. The van der Waals surface area contributed by atoms with Crippen LogP contribution in [0.4, 0.5) is 14.5 Å². The van der Waals surface area contributed by atoms with Crippen molar-refractivity contribution in [3.05, 3.63) is 65.4 Å². The number of aromatic nitrogens is 1. The average molecular weight is 314 g/mol. The molecule has 118 valence electrons. The quantitative estimate of drug-likeness (QED) is 0.773. The lowest BCUT2D eigenvalue weighted by Crippen LogP contribution is -2.02. The van der Waals surface area contributed by atoms with Gasteiger partial charge >= 0.3 is 0 Å². The topological polar surface area (TPSA) is 34.1 Å².